The number of carbonyl (C=O) groups excluding carboxylic acids is 1. The number of benzene rings is 1. The van der Waals surface area contributed by atoms with Crippen molar-refractivity contribution in [2.24, 2.45) is 5.92 Å². The van der Waals surface area contributed by atoms with Crippen LogP contribution < -0.4 is 0 Å². The number of aryl methyl sites for hydroxylation is 1. The highest BCUT2D eigenvalue weighted by atomic mass is 16.1. The van der Waals surface area contributed by atoms with Gasteiger partial charge in [0, 0.05) is 12.8 Å². The maximum Gasteiger partial charge on any atom is 0.135 e. The third-order valence-corrected chi connectivity index (χ3v) is 2.66. The second-order valence-electron chi connectivity index (χ2n) is 4.69. The van der Waals surface area contributed by atoms with Crippen molar-refractivity contribution in [3.63, 3.8) is 0 Å². The van der Waals surface area contributed by atoms with Crippen LogP contribution in [0.3, 0.4) is 0 Å². The van der Waals surface area contributed by atoms with Crippen molar-refractivity contribution in [3.05, 3.63) is 24.3 Å². The highest BCUT2D eigenvalue weighted by Gasteiger charge is 2.08. The Morgan fingerprint density at radius 2 is 2.12 bits per heavy atom. The summed E-state index contributed by atoms with van der Waals surface area (Å²) in [5, 5.41) is 8.12. The van der Waals surface area contributed by atoms with E-state index < -0.39 is 0 Å². The average molecular weight is 231 g/mol. The van der Waals surface area contributed by atoms with Gasteiger partial charge in [0.25, 0.3) is 0 Å². The molecule has 1 heterocycles. The summed E-state index contributed by atoms with van der Waals surface area (Å²) < 4.78 is 1.80. The quantitative estimate of drug-likeness (QED) is 0.794. The highest BCUT2D eigenvalue weighted by Crippen LogP contribution is 2.11. The van der Waals surface area contributed by atoms with Gasteiger partial charge in [0.2, 0.25) is 0 Å². The molecule has 90 valence electrons. The van der Waals surface area contributed by atoms with Gasteiger partial charge in [0.05, 0.1) is 12.1 Å². The van der Waals surface area contributed by atoms with E-state index in [4.69, 9.17) is 0 Å². The summed E-state index contributed by atoms with van der Waals surface area (Å²) in [5.41, 5.74) is 1.87. The first kappa shape index (κ1) is 11.8. The van der Waals surface area contributed by atoms with E-state index >= 15 is 0 Å². The molecule has 0 spiro atoms. The van der Waals surface area contributed by atoms with Crippen LogP contribution in [0, 0.1) is 5.92 Å². The van der Waals surface area contributed by atoms with Gasteiger partial charge in [-0.25, -0.2) is 4.68 Å². The molecular weight excluding hydrogens is 214 g/mol. The van der Waals surface area contributed by atoms with Gasteiger partial charge in [0.15, 0.2) is 0 Å². The maximum atomic E-state index is 11.6. The summed E-state index contributed by atoms with van der Waals surface area (Å²) in [6, 6.07) is 7.79. The van der Waals surface area contributed by atoms with Crippen LogP contribution in [0.2, 0.25) is 0 Å². The Balaban J connectivity index is 2.02. The van der Waals surface area contributed by atoms with Crippen LogP contribution in [0.5, 0.6) is 0 Å². The first-order chi connectivity index (χ1) is 8.16. The smallest absolute Gasteiger partial charge is 0.135 e. The minimum Gasteiger partial charge on any atom is -0.300 e. The lowest BCUT2D eigenvalue weighted by molar-refractivity contribution is -0.120. The zero-order valence-electron chi connectivity index (χ0n) is 10.3. The van der Waals surface area contributed by atoms with Crippen LogP contribution >= 0.6 is 0 Å². The number of hydrogen-bond donors (Lipinski definition) is 0. The number of nitrogens with zero attached hydrogens (tertiary/aromatic N) is 3. The molecule has 0 saturated carbocycles. The van der Waals surface area contributed by atoms with Crippen LogP contribution in [0.4, 0.5) is 0 Å². The molecule has 0 aliphatic heterocycles. The van der Waals surface area contributed by atoms with Gasteiger partial charge in [-0.1, -0.05) is 31.2 Å². The van der Waals surface area contributed by atoms with E-state index in [-0.39, 0.29) is 0 Å². The molecule has 0 aliphatic rings. The Hall–Kier alpha value is -1.71. The van der Waals surface area contributed by atoms with Crippen LogP contribution in [-0.2, 0) is 11.3 Å². The fourth-order valence-electron chi connectivity index (χ4n) is 1.87. The predicted molar refractivity (Wildman–Crippen MR) is 66.6 cm³/mol. The zero-order chi connectivity index (χ0) is 12.3. The molecule has 0 N–H and O–H groups in total. The molecule has 2 rings (SSSR count). The summed E-state index contributed by atoms with van der Waals surface area (Å²) in [5.74, 6) is 0.717. The van der Waals surface area contributed by atoms with Gasteiger partial charge in [-0.05, 0) is 18.1 Å². The Kier molecular flexibility index (Phi) is 3.52. The largest absolute Gasteiger partial charge is 0.300 e. The molecule has 0 atom stereocenters. The molecule has 2 aromatic rings. The van der Waals surface area contributed by atoms with Crippen molar-refractivity contribution >= 4 is 16.8 Å². The molecule has 0 fully saturated rings. The molecule has 4 nitrogen and oxygen atoms in total. The molecule has 1 aromatic carbocycles. The number of fused-ring (bicyclic) bond motifs is 1. The Bertz CT molecular complexity index is 516. The molecule has 1 aromatic heterocycles. The van der Waals surface area contributed by atoms with Gasteiger partial charge in [-0.3, -0.25) is 4.79 Å². The van der Waals surface area contributed by atoms with Crippen molar-refractivity contribution in [1.82, 2.24) is 15.0 Å². The number of aromatic nitrogens is 3. The molecule has 0 amide bonds. The van der Waals surface area contributed by atoms with E-state index in [1.54, 1.807) is 4.68 Å². The molecule has 0 bridgehead atoms. The summed E-state index contributed by atoms with van der Waals surface area (Å²) in [7, 11) is 0. The summed E-state index contributed by atoms with van der Waals surface area (Å²) >= 11 is 0. The predicted octanol–water partition coefficient (Wildman–Crippen LogP) is 2.44. The summed E-state index contributed by atoms with van der Waals surface area (Å²) in [6.07, 6.45) is 1.18. The van der Waals surface area contributed by atoms with Crippen LogP contribution in [0.1, 0.15) is 26.7 Å². The maximum absolute atomic E-state index is 11.6. The van der Waals surface area contributed by atoms with Crippen molar-refractivity contribution in [2.45, 2.75) is 33.2 Å². The monoisotopic (exact) mass is 231 g/mol. The molecule has 0 aliphatic carbocycles. The standard InChI is InChI=1S/C13H17N3O/c1-10(2)9-11(17)7-8-16-13-6-4-3-5-12(13)14-15-16/h3-6,10H,7-9H2,1-2H3. The van der Waals surface area contributed by atoms with Crippen LogP contribution in [-0.4, -0.2) is 20.8 Å². The first-order valence-corrected chi connectivity index (χ1v) is 5.96. The number of hydrogen-bond acceptors (Lipinski definition) is 3. The fraction of sp³-hybridized carbons (Fsp3) is 0.462. The topological polar surface area (TPSA) is 47.8 Å². The Morgan fingerprint density at radius 3 is 2.88 bits per heavy atom. The SMILES string of the molecule is CC(C)CC(=O)CCn1nnc2ccccc21. The molecular formula is C13H17N3O. The molecule has 0 radical (unpaired) electrons. The molecule has 0 saturated heterocycles. The first-order valence-electron chi connectivity index (χ1n) is 5.96. The van der Waals surface area contributed by atoms with E-state index in [9.17, 15) is 4.79 Å². The highest BCUT2D eigenvalue weighted by molar-refractivity contribution is 5.79. The minimum atomic E-state index is 0.291. The van der Waals surface area contributed by atoms with E-state index in [1.165, 1.54) is 0 Å². The number of Topliss-reactive ketones (excluding diaryl/α,β-unsaturated/α-hetero) is 1. The average Bonchev–Trinajstić information content (AvgIpc) is 2.69. The van der Waals surface area contributed by atoms with Gasteiger partial charge < -0.3 is 0 Å². The lowest BCUT2D eigenvalue weighted by Gasteiger charge is -2.04. The number of rotatable bonds is 5. The number of ketones is 1. The Morgan fingerprint density at radius 1 is 1.35 bits per heavy atom. The number of carbonyl (C=O) groups is 1. The van der Waals surface area contributed by atoms with Crippen molar-refractivity contribution in [1.29, 1.82) is 0 Å². The second-order valence-corrected chi connectivity index (χ2v) is 4.69. The third kappa shape index (κ3) is 2.90. The van der Waals surface area contributed by atoms with E-state index in [0.29, 0.717) is 31.1 Å². The van der Waals surface area contributed by atoms with Crippen molar-refractivity contribution in [2.75, 3.05) is 0 Å². The molecule has 17 heavy (non-hydrogen) atoms. The third-order valence-electron chi connectivity index (χ3n) is 2.66. The fourth-order valence-corrected chi connectivity index (χ4v) is 1.87. The van der Waals surface area contributed by atoms with Crippen molar-refractivity contribution in [3.8, 4) is 0 Å². The van der Waals surface area contributed by atoms with Crippen LogP contribution in [0.25, 0.3) is 11.0 Å². The normalized spacial score (nSPS) is 11.2. The van der Waals surface area contributed by atoms with E-state index in [2.05, 4.69) is 24.2 Å². The van der Waals surface area contributed by atoms with Gasteiger partial charge >= 0.3 is 0 Å². The van der Waals surface area contributed by atoms with E-state index in [1.807, 2.05) is 24.3 Å². The van der Waals surface area contributed by atoms with Gasteiger partial charge in [0.1, 0.15) is 11.3 Å². The van der Waals surface area contributed by atoms with Gasteiger partial charge in [-0.2, -0.15) is 0 Å². The molecule has 4 heteroatoms. The van der Waals surface area contributed by atoms with E-state index in [0.717, 1.165) is 11.0 Å². The summed E-state index contributed by atoms with van der Waals surface area (Å²) in [6.45, 7) is 4.73. The van der Waals surface area contributed by atoms with Crippen molar-refractivity contribution < 1.29 is 4.79 Å². The van der Waals surface area contributed by atoms with Gasteiger partial charge in [-0.15, -0.1) is 5.10 Å². The Labute approximate surface area is 101 Å². The lowest BCUT2D eigenvalue weighted by atomic mass is 10.1. The van der Waals surface area contributed by atoms with Crippen LogP contribution in [0.15, 0.2) is 24.3 Å². The number of para-hydroxylation sites is 1. The lowest BCUT2D eigenvalue weighted by Crippen LogP contribution is -2.09. The summed E-state index contributed by atoms with van der Waals surface area (Å²) in [4.78, 5) is 11.6. The molecule has 0 unspecified atom stereocenters. The second kappa shape index (κ2) is 5.08. The zero-order valence-corrected chi connectivity index (χ0v) is 10.3. The minimum absolute atomic E-state index is 0.291.